The third-order valence-corrected chi connectivity index (χ3v) is 4.01. The van der Waals surface area contributed by atoms with Gasteiger partial charge in [0.25, 0.3) is 0 Å². The van der Waals surface area contributed by atoms with E-state index in [1.807, 2.05) is 0 Å². The molecule has 1 aromatic rings. The molecule has 0 aliphatic heterocycles. The first-order valence-electron chi connectivity index (χ1n) is 4.54. The second-order valence-corrected chi connectivity index (χ2v) is 6.04. The fraction of sp³-hybridized carbons (Fsp3) is 0.300. The number of benzene rings is 1. The molecular weight excluding hydrogens is 250 g/mol. The van der Waals surface area contributed by atoms with Crippen LogP contribution in [-0.2, 0) is 21.2 Å². The van der Waals surface area contributed by atoms with E-state index < -0.39 is 15.3 Å². The first-order chi connectivity index (χ1) is 7.34. The molecule has 0 heterocycles. The van der Waals surface area contributed by atoms with Gasteiger partial charge in [-0.1, -0.05) is 12.1 Å². The number of rotatable bonds is 4. The van der Waals surface area contributed by atoms with Gasteiger partial charge in [-0.15, -0.1) is 0 Å². The summed E-state index contributed by atoms with van der Waals surface area (Å²) in [7, 11) is -0.479. The van der Waals surface area contributed by atoms with E-state index in [1.54, 1.807) is 12.1 Å². The van der Waals surface area contributed by atoms with E-state index in [-0.39, 0.29) is 11.3 Å². The van der Waals surface area contributed by atoms with Gasteiger partial charge in [-0.05, 0) is 29.3 Å². The van der Waals surface area contributed by atoms with Crippen LogP contribution in [0.4, 0.5) is 0 Å². The maximum atomic E-state index is 11.7. The van der Waals surface area contributed by atoms with Gasteiger partial charge in [0.15, 0.2) is 0 Å². The highest BCUT2D eigenvalue weighted by Crippen LogP contribution is 2.14. The lowest BCUT2D eigenvalue weighted by molar-refractivity contribution is -0.111. The van der Waals surface area contributed by atoms with Crippen molar-refractivity contribution in [3.05, 3.63) is 29.8 Å². The van der Waals surface area contributed by atoms with Crippen molar-refractivity contribution >= 4 is 26.9 Å². The minimum absolute atomic E-state index is 0.101. The standard InChI is InChI=1S/C10H12ClNO3S/c1-12(2)16(14,15)9-5-3-8(4-6-9)7-10(11)13/h3-6H,7H2,1-2H3. The highest BCUT2D eigenvalue weighted by Gasteiger charge is 2.16. The monoisotopic (exact) mass is 261 g/mol. The van der Waals surface area contributed by atoms with Crippen molar-refractivity contribution in [2.45, 2.75) is 11.3 Å². The predicted molar refractivity (Wildman–Crippen MR) is 61.9 cm³/mol. The van der Waals surface area contributed by atoms with Crippen LogP contribution >= 0.6 is 11.6 Å². The van der Waals surface area contributed by atoms with Crippen LogP contribution in [0.15, 0.2) is 29.2 Å². The molecule has 0 spiro atoms. The van der Waals surface area contributed by atoms with Crippen LogP contribution in [-0.4, -0.2) is 32.1 Å². The van der Waals surface area contributed by atoms with Gasteiger partial charge >= 0.3 is 0 Å². The van der Waals surface area contributed by atoms with Gasteiger partial charge in [-0.3, -0.25) is 4.79 Å². The van der Waals surface area contributed by atoms with Crippen molar-refractivity contribution < 1.29 is 13.2 Å². The highest BCUT2D eigenvalue weighted by atomic mass is 35.5. The second kappa shape index (κ2) is 4.95. The van der Waals surface area contributed by atoms with Crippen LogP contribution in [0.3, 0.4) is 0 Å². The fourth-order valence-electron chi connectivity index (χ4n) is 1.15. The molecule has 0 aliphatic carbocycles. The third kappa shape index (κ3) is 3.04. The van der Waals surface area contributed by atoms with Gasteiger partial charge in [0.1, 0.15) is 0 Å². The van der Waals surface area contributed by atoms with E-state index in [1.165, 1.54) is 26.2 Å². The van der Waals surface area contributed by atoms with Crippen LogP contribution in [0.25, 0.3) is 0 Å². The van der Waals surface area contributed by atoms with E-state index in [0.29, 0.717) is 5.56 Å². The molecule has 1 rings (SSSR count). The van der Waals surface area contributed by atoms with E-state index in [4.69, 9.17) is 11.6 Å². The normalized spacial score (nSPS) is 11.8. The zero-order valence-corrected chi connectivity index (χ0v) is 10.5. The summed E-state index contributed by atoms with van der Waals surface area (Å²) in [4.78, 5) is 10.8. The Morgan fingerprint density at radius 2 is 1.75 bits per heavy atom. The van der Waals surface area contributed by atoms with Gasteiger partial charge in [-0.25, -0.2) is 12.7 Å². The van der Waals surface area contributed by atoms with Crippen molar-refractivity contribution in [1.29, 1.82) is 0 Å². The molecule has 0 N–H and O–H groups in total. The van der Waals surface area contributed by atoms with Gasteiger partial charge in [0.05, 0.1) is 4.90 Å². The summed E-state index contributed by atoms with van der Waals surface area (Å²) >= 11 is 5.23. The van der Waals surface area contributed by atoms with Crippen LogP contribution in [0, 0.1) is 0 Å². The molecule has 0 saturated carbocycles. The minimum atomic E-state index is -3.41. The molecule has 0 aromatic heterocycles. The first-order valence-corrected chi connectivity index (χ1v) is 6.35. The van der Waals surface area contributed by atoms with E-state index in [9.17, 15) is 13.2 Å². The van der Waals surface area contributed by atoms with Gasteiger partial charge in [0.2, 0.25) is 15.3 Å². The molecule has 0 aliphatic rings. The average molecular weight is 262 g/mol. The number of carbonyl (C=O) groups excluding carboxylic acids is 1. The maximum Gasteiger partial charge on any atom is 0.242 e. The molecule has 0 atom stereocenters. The molecule has 0 amide bonds. The topological polar surface area (TPSA) is 54.5 Å². The number of halogens is 1. The number of hydrogen-bond donors (Lipinski definition) is 0. The van der Waals surface area contributed by atoms with Crippen molar-refractivity contribution in [2.75, 3.05) is 14.1 Å². The van der Waals surface area contributed by atoms with Crippen LogP contribution in [0.5, 0.6) is 0 Å². The molecule has 0 bridgehead atoms. The Morgan fingerprint density at radius 1 is 1.25 bits per heavy atom. The number of carbonyl (C=O) groups is 1. The molecule has 4 nitrogen and oxygen atoms in total. The molecule has 0 radical (unpaired) electrons. The summed E-state index contributed by atoms with van der Waals surface area (Å²) in [5.41, 5.74) is 0.692. The largest absolute Gasteiger partial charge is 0.281 e. The van der Waals surface area contributed by atoms with Gasteiger partial charge in [-0.2, -0.15) is 0 Å². The van der Waals surface area contributed by atoms with E-state index in [2.05, 4.69) is 0 Å². The zero-order chi connectivity index (χ0) is 12.3. The number of hydrogen-bond acceptors (Lipinski definition) is 3. The van der Waals surface area contributed by atoms with Crippen molar-refractivity contribution in [3.8, 4) is 0 Å². The smallest absolute Gasteiger partial charge is 0.242 e. The lowest BCUT2D eigenvalue weighted by Crippen LogP contribution is -2.22. The van der Waals surface area contributed by atoms with E-state index in [0.717, 1.165) is 4.31 Å². The predicted octanol–water partition coefficient (Wildman–Crippen LogP) is 1.24. The Hall–Kier alpha value is -0.910. The van der Waals surface area contributed by atoms with Gasteiger partial charge in [0, 0.05) is 20.5 Å². The summed E-state index contributed by atoms with van der Waals surface area (Å²) in [6.45, 7) is 0. The van der Waals surface area contributed by atoms with Crippen LogP contribution in [0.2, 0.25) is 0 Å². The summed E-state index contributed by atoms with van der Waals surface area (Å²) in [5, 5.41) is -0.469. The SMILES string of the molecule is CN(C)S(=O)(=O)c1ccc(CC(=O)Cl)cc1. The summed E-state index contributed by atoms with van der Waals surface area (Å²) in [6, 6.07) is 6.09. The Kier molecular flexibility index (Phi) is 4.07. The summed E-state index contributed by atoms with van der Waals surface area (Å²) in [5.74, 6) is 0. The van der Waals surface area contributed by atoms with Crippen molar-refractivity contribution in [2.24, 2.45) is 0 Å². The molecule has 0 unspecified atom stereocenters. The van der Waals surface area contributed by atoms with Crippen molar-refractivity contribution in [1.82, 2.24) is 4.31 Å². The average Bonchev–Trinajstić information content (AvgIpc) is 2.17. The highest BCUT2D eigenvalue weighted by molar-refractivity contribution is 7.89. The Bertz CT molecular complexity index is 479. The molecule has 0 saturated heterocycles. The molecular formula is C10H12ClNO3S. The molecule has 0 fully saturated rings. The third-order valence-electron chi connectivity index (χ3n) is 2.05. The second-order valence-electron chi connectivity index (χ2n) is 3.46. The Labute approximate surface area is 99.9 Å². The summed E-state index contributed by atoms with van der Waals surface area (Å²) < 4.78 is 24.5. The Balaban J connectivity index is 3.00. The lowest BCUT2D eigenvalue weighted by Gasteiger charge is -2.11. The molecule has 1 aromatic carbocycles. The first kappa shape index (κ1) is 13.2. The Morgan fingerprint density at radius 3 is 2.12 bits per heavy atom. The van der Waals surface area contributed by atoms with E-state index >= 15 is 0 Å². The quantitative estimate of drug-likeness (QED) is 0.767. The van der Waals surface area contributed by atoms with Crippen molar-refractivity contribution in [3.63, 3.8) is 0 Å². The van der Waals surface area contributed by atoms with Gasteiger partial charge < -0.3 is 0 Å². The zero-order valence-electron chi connectivity index (χ0n) is 8.97. The van der Waals surface area contributed by atoms with Crippen LogP contribution in [0.1, 0.15) is 5.56 Å². The fourth-order valence-corrected chi connectivity index (χ4v) is 2.21. The maximum absolute atomic E-state index is 11.7. The minimum Gasteiger partial charge on any atom is -0.281 e. The molecule has 88 valence electrons. The lowest BCUT2D eigenvalue weighted by atomic mass is 10.2. The summed E-state index contributed by atoms with van der Waals surface area (Å²) in [6.07, 6.45) is 0.101. The number of sulfonamides is 1. The molecule has 6 heteroatoms. The number of nitrogens with zero attached hydrogens (tertiary/aromatic N) is 1. The van der Waals surface area contributed by atoms with Crippen LogP contribution < -0.4 is 0 Å². The molecule has 16 heavy (non-hydrogen) atoms.